The molecule has 0 spiro atoms. The molecule has 0 radical (unpaired) electrons. The number of hydrogen-bond donors (Lipinski definition) is 2. The molecule has 0 aliphatic rings. The zero-order chi connectivity index (χ0) is 13.9. The Morgan fingerprint density at radius 2 is 1.95 bits per heavy atom. The summed E-state index contributed by atoms with van der Waals surface area (Å²) in [6.07, 6.45) is 1.58. The van der Waals surface area contributed by atoms with Gasteiger partial charge < -0.3 is 10.4 Å². The molecule has 0 atom stereocenters. The lowest BCUT2D eigenvalue weighted by Crippen LogP contribution is -2.16. The van der Waals surface area contributed by atoms with Crippen LogP contribution in [0.25, 0.3) is 5.65 Å². The van der Waals surface area contributed by atoms with Crippen molar-refractivity contribution in [2.45, 2.75) is 6.54 Å². The van der Waals surface area contributed by atoms with Gasteiger partial charge in [0.25, 0.3) is 5.56 Å². The molecule has 3 aromatic rings. The Labute approximate surface area is 115 Å². The van der Waals surface area contributed by atoms with Crippen LogP contribution in [0.5, 0.6) is 5.75 Å². The van der Waals surface area contributed by atoms with Crippen LogP contribution in [-0.2, 0) is 6.54 Å². The number of benzene rings is 1. The molecule has 5 heteroatoms. The summed E-state index contributed by atoms with van der Waals surface area (Å²) in [6.45, 7) is 0.421. The molecule has 0 saturated heterocycles. The van der Waals surface area contributed by atoms with E-state index in [9.17, 15) is 9.90 Å². The lowest BCUT2D eigenvalue weighted by Gasteiger charge is -2.07. The van der Waals surface area contributed by atoms with Gasteiger partial charge in [-0.25, -0.2) is 4.98 Å². The molecule has 1 aromatic carbocycles. The van der Waals surface area contributed by atoms with Crippen molar-refractivity contribution in [3.05, 3.63) is 70.8 Å². The molecule has 0 aliphatic carbocycles. The number of hydrogen-bond acceptors (Lipinski definition) is 4. The molecule has 0 amide bonds. The SMILES string of the molecule is O=c1cc(CNc2ccccc2)nc2c(O)cccn12. The van der Waals surface area contributed by atoms with Crippen molar-refractivity contribution in [2.24, 2.45) is 0 Å². The van der Waals surface area contributed by atoms with Gasteiger partial charge in [0.15, 0.2) is 11.4 Å². The number of nitrogens with one attached hydrogen (secondary N) is 1. The van der Waals surface area contributed by atoms with Crippen molar-refractivity contribution >= 4 is 11.3 Å². The predicted octanol–water partition coefficient (Wildman–Crippen LogP) is 2.01. The quantitative estimate of drug-likeness (QED) is 0.762. The minimum absolute atomic E-state index is 0.00818. The molecule has 0 bridgehead atoms. The van der Waals surface area contributed by atoms with Gasteiger partial charge in [-0.15, -0.1) is 0 Å². The Morgan fingerprint density at radius 1 is 1.15 bits per heavy atom. The van der Waals surface area contributed by atoms with Crippen LogP contribution >= 0.6 is 0 Å². The Hall–Kier alpha value is -2.82. The molecular weight excluding hydrogens is 254 g/mol. The zero-order valence-electron chi connectivity index (χ0n) is 10.7. The van der Waals surface area contributed by atoms with Crippen molar-refractivity contribution in [1.29, 1.82) is 0 Å². The molecule has 5 nitrogen and oxygen atoms in total. The molecule has 0 unspecified atom stereocenters. The summed E-state index contributed by atoms with van der Waals surface area (Å²) in [5.41, 5.74) is 1.59. The maximum atomic E-state index is 11.9. The standard InChI is InChI=1S/C15H13N3O2/c19-13-7-4-8-18-14(20)9-12(17-15(13)18)10-16-11-5-2-1-3-6-11/h1-9,16,19H,10H2. The van der Waals surface area contributed by atoms with Crippen molar-refractivity contribution in [1.82, 2.24) is 9.38 Å². The lowest BCUT2D eigenvalue weighted by atomic mass is 10.3. The molecule has 20 heavy (non-hydrogen) atoms. The maximum Gasteiger partial charge on any atom is 0.258 e. The Morgan fingerprint density at radius 3 is 2.75 bits per heavy atom. The highest BCUT2D eigenvalue weighted by molar-refractivity contribution is 5.52. The van der Waals surface area contributed by atoms with E-state index in [1.165, 1.54) is 16.5 Å². The fourth-order valence-electron chi connectivity index (χ4n) is 2.00. The number of aromatic nitrogens is 2. The van der Waals surface area contributed by atoms with Crippen LogP contribution in [0, 0.1) is 0 Å². The second-order valence-corrected chi connectivity index (χ2v) is 4.39. The third kappa shape index (κ3) is 2.33. The van der Waals surface area contributed by atoms with E-state index < -0.39 is 0 Å². The van der Waals surface area contributed by atoms with Gasteiger partial charge in [0, 0.05) is 18.0 Å². The molecule has 3 rings (SSSR count). The summed E-state index contributed by atoms with van der Waals surface area (Å²) in [4.78, 5) is 16.2. The third-order valence-electron chi connectivity index (χ3n) is 2.97. The smallest absolute Gasteiger partial charge is 0.258 e. The van der Waals surface area contributed by atoms with Gasteiger partial charge in [-0.2, -0.15) is 0 Å². The summed E-state index contributed by atoms with van der Waals surface area (Å²) < 4.78 is 1.32. The highest BCUT2D eigenvalue weighted by Gasteiger charge is 2.05. The van der Waals surface area contributed by atoms with Gasteiger partial charge in [0.1, 0.15) is 0 Å². The number of fused-ring (bicyclic) bond motifs is 1. The molecule has 2 N–H and O–H groups in total. The molecule has 0 fully saturated rings. The highest BCUT2D eigenvalue weighted by atomic mass is 16.3. The van der Waals surface area contributed by atoms with Gasteiger partial charge in [-0.3, -0.25) is 9.20 Å². The summed E-state index contributed by atoms with van der Waals surface area (Å²) >= 11 is 0. The molecule has 2 aromatic heterocycles. The zero-order valence-corrected chi connectivity index (χ0v) is 10.7. The van der Waals surface area contributed by atoms with E-state index in [4.69, 9.17) is 0 Å². The van der Waals surface area contributed by atoms with Crippen molar-refractivity contribution in [3.63, 3.8) is 0 Å². The first-order valence-electron chi connectivity index (χ1n) is 6.23. The van der Waals surface area contributed by atoms with Crippen molar-refractivity contribution < 1.29 is 5.11 Å². The summed E-state index contributed by atoms with van der Waals surface area (Å²) in [5.74, 6) is -0.00818. The van der Waals surface area contributed by atoms with Crippen LogP contribution in [0.2, 0.25) is 0 Å². The topological polar surface area (TPSA) is 66.6 Å². The normalized spacial score (nSPS) is 10.6. The number of nitrogens with zero attached hydrogens (tertiary/aromatic N) is 2. The van der Waals surface area contributed by atoms with Crippen molar-refractivity contribution in [2.75, 3.05) is 5.32 Å². The van der Waals surface area contributed by atoms with Crippen LogP contribution in [0.1, 0.15) is 5.69 Å². The lowest BCUT2D eigenvalue weighted by molar-refractivity contribution is 0.476. The molecule has 0 saturated carbocycles. The summed E-state index contributed by atoms with van der Waals surface area (Å²) in [7, 11) is 0. The molecule has 100 valence electrons. The Kier molecular flexibility index (Phi) is 3.09. The van der Waals surface area contributed by atoms with Gasteiger partial charge in [-0.1, -0.05) is 18.2 Å². The average molecular weight is 267 g/mol. The number of anilines is 1. The van der Waals surface area contributed by atoms with E-state index in [0.717, 1.165) is 5.69 Å². The largest absolute Gasteiger partial charge is 0.504 e. The highest BCUT2D eigenvalue weighted by Crippen LogP contribution is 2.14. The molecule has 2 heterocycles. The second kappa shape index (κ2) is 5.05. The van der Waals surface area contributed by atoms with E-state index in [1.807, 2.05) is 30.3 Å². The molecule has 0 aliphatic heterocycles. The maximum absolute atomic E-state index is 11.9. The first-order valence-corrected chi connectivity index (χ1v) is 6.23. The van der Waals surface area contributed by atoms with E-state index in [-0.39, 0.29) is 17.0 Å². The van der Waals surface area contributed by atoms with Crippen LogP contribution in [-0.4, -0.2) is 14.5 Å². The Balaban J connectivity index is 1.93. The Bertz CT molecular complexity index is 797. The van der Waals surface area contributed by atoms with E-state index >= 15 is 0 Å². The fraction of sp³-hybridized carbons (Fsp3) is 0.0667. The third-order valence-corrected chi connectivity index (χ3v) is 2.97. The van der Waals surface area contributed by atoms with E-state index in [2.05, 4.69) is 10.3 Å². The first-order chi connectivity index (χ1) is 9.74. The average Bonchev–Trinajstić information content (AvgIpc) is 2.47. The van der Waals surface area contributed by atoms with Gasteiger partial charge in [0.05, 0.1) is 12.2 Å². The minimum Gasteiger partial charge on any atom is -0.504 e. The van der Waals surface area contributed by atoms with Gasteiger partial charge in [-0.05, 0) is 24.3 Å². The number of para-hydroxylation sites is 1. The van der Waals surface area contributed by atoms with Gasteiger partial charge >= 0.3 is 0 Å². The number of rotatable bonds is 3. The molecular formula is C15H13N3O2. The second-order valence-electron chi connectivity index (χ2n) is 4.39. The number of aromatic hydroxyl groups is 1. The predicted molar refractivity (Wildman–Crippen MR) is 76.9 cm³/mol. The summed E-state index contributed by atoms with van der Waals surface area (Å²) in [5, 5.41) is 12.9. The minimum atomic E-state index is -0.212. The van der Waals surface area contributed by atoms with Crippen LogP contribution in [0.15, 0.2) is 59.5 Å². The number of pyridine rings is 1. The van der Waals surface area contributed by atoms with E-state index in [1.54, 1.807) is 12.3 Å². The fourth-order valence-corrected chi connectivity index (χ4v) is 2.00. The van der Waals surface area contributed by atoms with E-state index in [0.29, 0.717) is 12.2 Å². The monoisotopic (exact) mass is 267 g/mol. The van der Waals surface area contributed by atoms with Gasteiger partial charge in [0.2, 0.25) is 0 Å². The first kappa shape index (κ1) is 12.2. The van der Waals surface area contributed by atoms with Crippen LogP contribution < -0.4 is 10.9 Å². The van der Waals surface area contributed by atoms with Crippen molar-refractivity contribution in [3.8, 4) is 5.75 Å². The van der Waals surface area contributed by atoms with Crippen LogP contribution in [0.4, 0.5) is 5.69 Å². The summed E-state index contributed by atoms with van der Waals surface area (Å²) in [6, 6.07) is 14.2. The van der Waals surface area contributed by atoms with Crippen LogP contribution in [0.3, 0.4) is 0 Å².